The highest BCUT2D eigenvalue weighted by Gasteiger charge is 2.36. The van der Waals surface area contributed by atoms with E-state index in [9.17, 15) is 8.42 Å². The largest absolute Gasteiger partial charge is 0.370 e. The fraction of sp³-hybridized carbons (Fsp3) is 0.615. The molecule has 1 aliphatic rings. The van der Waals surface area contributed by atoms with Gasteiger partial charge in [0.25, 0.3) is 0 Å². The van der Waals surface area contributed by atoms with Crippen LogP contribution in [0.25, 0.3) is 0 Å². The fourth-order valence-corrected chi connectivity index (χ4v) is 3.65. The maximum Gasteiger partial charge on any atom is 0.244 e. The Labute approximate surface area is 115 Å². The van der Waals surface area contributed by atoms with Crippen molar-refractivity contribution in [3.05, 3.63) is 18.3 Å². The third-order valence-corrected chi connectivity index (χ3v) is 5.18. The molecule has 1 aliphatic carbocycles. The van der Waals surface area contributed by atoms with Crippen molar-refractivity contribution in [2.24, 2.45) is 0 Å². The van der Waals surface area contributed by atoms with Gasteiger partial charge < -0.3 is 5.32 Å². The number of nitrogens with one attached hydrogen (secondary N) is 1. The highest BCUT2D eigenvalue weighted by Crippen LogP contribution is 2.31. The predicted molar refractivity (Wildman–Crippen MR) is 75.6 cm³/mol. The van der Waals surface area contributed by atoms with Crippen LogP contribution in [-0.2, 0) is 10.0 Å². The number of hydrogen-bond donors (Lipinski definition) is 1. The maximum absolute atomic E-state index is 12.4. The van der Waals surface area contributed by atoms with Crippen molar-refractivity contribution in [3.8, 4) is 0 Å². The smallest absolute Gasteiger partial charge is 0.244 e. The van der Waals surface area contributed by atoms with Gasteiger partial charge in [-0.1, -0.05) is 13.8 Å². The summed E-state index contributed by atoms with van der Waals surface area (Å²) in [5.41, 5.74) is 0. The third kappa shape index (κ3) is 3.25. The Morgan fingerprint density at radius 3 is 2.58 bits per heavy atom. The normalized spacial score (nSPS) is 15.7. The average Bonchev–Trinajstić information content (AvgIpc) is 3.22. The lowest BCUT2D eigenvalue weighted by Gasteiger charge is -2.19. The van der Waals surface area contributed by atoms with E-state index in [1.807, 2.05) is 6.92 Å². The van der Waals surface area contributed by atoms with Gasteiger partial charge in [-0.25, -0.2) is 13.4 Å². The molecule has 106 valence electrons. The topological polar surface area (TPSA) is 62.3 Å². The van der Waals surface area contributed by atoms with E-state index in [0.717, 1.165) is 31.6 Å². The van der Waals surface area contributed by atoms with Crippen LogP contribution in [0.2, 0.25) is 0 Å². The van der Waals surface area contributed by atoms with Crippen molar-refractivity contribution < 1.29 is 8.42 Å². The minimum Gasteiger partial charge on any atom is -0.370 e. The van der Waals surface area contributed by atoms with Crippen molar-refractivity contribution in [1.82, 2.24) is 9.29 Å². The Bertz CT molecular complexity index is 509. The molecule has 1 fully saturated rings. The zero-order valence-corrected chi connectivity index (χ0v) is 12.3. The summed E-state index contributed by atoms with van der Waals surface area (Å²) in [7, 11) is -3.38. The third-order valence-electron chi connectivity index (χ3n) is 3.16. The second kappa shape index (κ2) is 5.88. The number of anilines is 1. The summed E-state index contributed by atoms with van der Waals surface area (Å²) in [6.07, 6.45) is 4.39. The van der Waals surface area contributed by atoms with Crippen LogP contribution in [-0.4, -0.2) is 36.8 Å². The van der Waals surface area contributed by atoms with Crippen LogP contribution >= 0.6 is 0 Å². The average molecular weight is 283 g/mol. The van der Waals surface area contributed by atoms with Gasteiger partial charge in [0.1, 0.15) is 10.7 Å². The number of rotatable bonds is 7. The molecule has 0 aliphatic heterocycles. The summed E-state index contributed by atoms with van der Waals surface area (Å²) < 4.78 is 26.4. The van der Waals surface area contributed by atoms with Gasteiger partial charge in [0.15, 0.2) is 0 Å². The maximum atomic E-state index is 12.4. The lowest BCUT2D eigenvalue weighted by Crippen LogP contribution is -2.32. The van der Waals surface area contributed by atoms with Crippen LogP contribution in [0.3, 0.4) is 0 Å². The van der Waals surface area contributed by atoms with Crippen LogP contribution in [0, 0.1) is 0 Å². The van der Waals surface area contributed by atoms with Crippen molar-refractivity contribution in [3.63, 3.8) is 0 Å². The Kier molecular flexibility index (Phi) is 4.42. The molecule has 0 radical (unpaired) electrons. The minimum absolute atomic E-state index is 0.188. The molecule has 5 nitrogen and oxygen atoms in total. The molecule has 0 aromatic carbocycles. The Morgan fingerprint density at radius 2 is 2.11 bits per heavy atom. The molecule has 19 heavy (non-hydrogen) atoms. The second-order valence-corrected chi connectivity index (χ2v) is 6.64. The zero-order chi connectivity index (χ0) is 13.9. The molecule has 6 heteroatoms. The summed E-state index contributed by atoms with van der Waals surface area (Å²) in [6, 6.07) is 3.54. The van der Waals surface area contributed by atoms with Gasteiger partial charge in [0.05, 0.1) is 0 Å². The van der Waals surface area contributed by atoms with E-state index in [4.69, 9.17) is 0 Å². The van der Waals surface area contributed by atoms with E-state index in [1.54, 1.807) is 16.4 Å². The molecule has 1 N–H and O–H groups in total. The molecule has 0 atom stereocenters. The van der Waals surface area contributed by atoms with Gasteiger partial charge in [0.2, 0.25) is 10.0 Å². The molecular formula is C13H21N3O2S. The zero-order valence-electron chi connectivity index (χ0n) is 11.5. The molecule has 2 rings (SSSR count). The van der Waals surface area contributed by atoms with E-state index in [-0.39, 0.29) is 10.9 Å². The number of nitrogens with zero attached hydrogens (tertiary/aromatic N) is 2. The molecule has 0 bridgehead atoms. The number of hydrogen-bond acceptors (Lipinski definition) is 4. The Morgan fingerprint density at radius 1 is 1.37 bits per heavy atom. The van der Waals surface area contributed by atoms with E-state index in [1.165, 1.54) is 6.20 Å². The number of sulfonamides is 1. The van der Waals surface area contributed by atoms with Gasteiger partial charge >= 0.3 is 0 Å². The first kappa shape index (κ1) is 14.3. The molecule has 0 saturated heterocycles. The molecular weight excluding hydrogens is 262 g/mol. The molecule has 0 unspecified atom stereocenters. The van der Waals surface area contributed by atoms with Gasteiger partial charge in [-0.2, -0.15) is 4.31 Å². The minimum atomic E-state index is -3.38. The van der Waals surface area contributed by atoms with E-state index < -0.39 is 10.0 Å². The Balaban J connectivity index is 2.16. The first-order valence-electron chi connectivity index (χ1n) is 6.81. The summed E-state index contributed by atoms with van der Waals surface area (Å²) in [5.74, 6) is 0.718. The lowest BCUT2D eigenvalue weighted by atomic mass is 10.4. The monoisotopic (exact) mass is 283 g/mol. The summed E-state index contributed by atoms with van der Waals surface area (Å²) in [5, 5.41) is 3.13. The molecule has 0 amide bonds. The van der Waals surface area contributed by atoms with Gasteiger partial charge in [-0.05, 0) is 31.4 Å². The van der Waals surface area contributed by atoms with Crippen LogP contribution in [0.15, 0.2) is 23.2 Å². The summed E-state index contributed by atoms with van der Waals surface area (Å²) >= 11 is 0. The Hall–Kier alpha value is -1.14. The SMILES string of the molecule is CCCNc1ccc(S(=O)(=O)N(CC)C2CC2)cn1. The van der Waals surface area contributed by atoms with Crippen molar-refractivity contribution >= 4 is 15.8 Å². The summed E-state index contributed by atoms with van der Waals surface area (Å²) in [6.45, 7) is 5.30. The standard InChI is InChI=1S/C13H21N3O2S/c1-3-9-14-13-8-7-12(10-15-13)19(17,18)16(4-2)11-5-6-11/h7-8,10-11H,3-6,9H2,1-2H3,(H,14,15). The molecule has 1 saturated carbocycles. The van der Waals surface area contributed by atoms with Gasteiger partial charge in [-0.15, -0.1) is 0 Å². The number of aromatic nitrogens is 1. The predicted octanol–water partition coefficient (Wildman–Crippen LogP) is 2.08. The van der Waals surface area contributed by atoms with Crippen molar-refractivity contribution in [1.29, 1.82) is 0 Å². The first-order valence-corrected chi connectivity index (χ1v) is 8.25. The summed E-state index contributed by atoms with van der Waals surface area (Å²) in [4.78, 5) is 4.44. The van der Waals surface area contributed by atoms with Crippen LogP contribution in [0.5, 0.6) is 0 Å². The van der Waals surface area contributed by atoms with Crippen molar-refractivity contribution in [2.75, 3.05) is 18.4 Å². The number of pyridine rings is 1. The van der Waals surface area contributed by atoms with Gasteiger partial charge in [-0.3, -0.25) is 0 Å². The highest BCUT2D eigenvalue weighted by atomic mass is 32.2. The van der Waals surface area contributed by atoms with Crippen LogP contribution < -0.4 is 5.32 Å². The van der Waals surface area contributed by atoms with Crippen molar-refractivity contribution in [2.45, 2.75) is 44.0 Å². The van der Waals surface area contributed by atoms with Gasteiger partial charge in [0, 0.05) is 25.3 Å². The van der Waals surface area contributed by atoms with E-state index >= 15 is 0 Å². The quantitative estimate of drug-likeness (QED) is 0.832. The van der Waals surface area contributed by atoms with Crippen LogP contribution in [0.4, 0.5) is 5.82 Å². The molecule has 1 heterocycles. The lowest BCUT2D eigenvalue weighted by molar-refractivity contribution is 0.421. The van der Waals surface area contributed by atoms with E-state index in [2.05, 4.69) is 17.2 Å². The highest BCUT2D eigenvalue weighted by molar-refractivity contribution is 7.89. The fourth-order valence-electron chi connectivity index (χ4n) is 2.01. The molecule has 1 aromatic heterocycles. The van der Waals surface area contributed by atoms with E-state index in [0.29, 0.717) is 6.54 Å². The molecule has 0 spiro atoms. The molecule has 1 aromatic rings. The first-order chi connectivity index (χ1) is 9.09. The van der Waals surface area contributed by atoms with Crippen LogP contribution in [0.1, 0.15) is 33.1 Å². The second-order valence-electron chi connectivity index (χ2n) is 4.75.